The predicted octanol–water partition coefficient (Wildman–Crippen LogP) is 4.25. The number of fused-ring (bicyclic) bond motifs is 2. The second kappa shape index (κ2) is 18.9. The van der Waals surface area contributed by atoms with Crippen LogP contribution in [0.2, 0.25) is 10.0 Å². The van der Waals surface area contributed by atoms with Gasteiger partial charge in [0.1, 0.15) is 35.5 Å². The van der Waals surface area contributed by atoms with E-state index in [-0.39, 0.29) is 48.4 Å². The number of nitrogens with zero attached hydrogens (tertiary/aromatic N) is 5. The van der Waals surface area contributed by atoms with Gasteiger partial charge in [-0.05, 0) is 85.6 Å². The predicted molar refractivity (Wildman–Crippen MR) is 224 cm³/mol. The molecule has 2 aliphatic rings. The first kappa shape index (κ1) is 42.2. The molecule has 8 rings (SSSR count). The smallest absolute Gasteiger partial charge is 0.323 e. The zero-order chi connectivity index (χ0) is 42.2. The maximum Gasteiger partial charge on any atom is 0.323 e. The number of hydrogen-bond donors (Lipinski definition) is 4. The van der Waals surface area contributed by atoms with Gasteiger partial charge in [-0.1, -0.05) is 47.5 Å². The summed E-state index contributed by atoms with van der Waals surface area (Å²) in [6.45, 7) is 5.77. The molecule has 2 aromatic carbocycles. The zero-order valence-corrected chi connectivity index (χ0v) is 33.5. The zero-order valence-electron chi connectivity index (χ0n) is 32.0. The SMILES string of the molecule is CC1CN1.CC1CN1C(=O)Cn1c(=O)c(C(=O)NCc2ccc(Cl)cc2)cc2cccnc21.O=C(O)Cn1c(=O)c(C(=O)NCc2ccc(Cl)cc2)cc2cccnc21. The molecule has 4 aromatic heterocycles. The van der Waals surface area contributed by atoms with Crippen LogP contribution in [0.4, 0.5) is 0 Å². The number of carbonyl (C=O) groups is 4. The van der Waals surface area contributed by atoms with Crippen LogP contribution in [-0.4, -0.2) is 78.0 Å². The van der Waals surface area contributed by atoms with Gasteiger partial charge in [0.25, 0.3) is 22.9 Å². The molecule has 17 heteroatoms. The molecule has 15 nitrogen and oxygen atoms in total. The summed E-state index contributed by atoms with van der Waals surface area (Å²) in [4.78, 5) is 84.3. The lowest BCUT2D eigenvalue weighted by atomic mass is 10.1. The summed E-state index contributed by atoms with van der Waals surface area (Å²) >= 11 is 11.7. The van der Waals surface area contributed by atoms with Crippen LogP contribution >= 0.6 is 23.2 Å². The maximum atomic E-state index is 13.0. The van der Waals surface area contributed by atoms with E-state index in [1.54, 1.807) is 83.9 Å². The molecule has 0 aliphatic carbocycles. The number of halogens is 2. The minimum Gasteiger partial charge on any atom is -0.480 e. The Hall–Kier alpha value is -6.42. The first-order valence-corrected chi connectivity index (χ1v) is 19.3. The number of nitrogens with one attached hydrogen (secondary N) is 3. The highest BCUT2D eigenvalue weighted by atomic mass is 35.5. The number of carbonyl (C=O) groups excluding carboxylic acids is 3. The Bertz CT molecular complexity index is 2650. The molecule has 0 bridgehead atoms. The molecule has 304 valence electrons. The van der Waals surface area contributed by atoms with E-state index in [2.05, 4.69) is 32.8 Å². The molecule has 0 saturated carbocycles. The summed E-state index contributed by atoms with van der Waals surface area (Å²) in [5.41, 5.74) is 0.878. The molecule has 4 N–H and O–H groups in total. The van der Waals surface area contributed by atoms with Gasteiger partial charge in [0, 0.05) is 71.5 Å². The number of aromatic nitrogens is 4. The molecule has 0 radical (unpaired) electrons. The summed E-state index contributed by atoms with van der Waals surface area (Å²) in [5.74, 6) is -2.45. The fourth-order valence-corrected chi connectivity index (χ4v) is 6.11. The van der Waals surface area contributed by atoms with E-state index in [9.17, 15) is 28.8 Å². The van der Waals surface area contributed by atoms with E-state index in [1.807, 2.05) is 6.92 Å². The van der Waals surface area contributed by atoms with Gasteiger partial charge in [-0.25, -0.2) is 9.97 Å². The van der Waals surface area contributed by atoms with Gasteiger partial charge in [-0.2, -0.15) is 0 Å². The Balaban J connectivity index is 0.000000182. The van der Waals surface area contributed by atoms with Crippen LogP contribution in [0.15, 0.2) is 107 Å². The van der Waals surface area contributed by atoms with E-state index in [0.717, 1.165) is 21.7 Å². The molecular formula is C42H40Cl2N8O7. The lowest BCUT2D eigenvalue weighted by Gasteiger charge is -2.12. The Morgan fingerprint density at radius 1 is 0.729 bits per heavy atom. The van der Waals surface area contributed by atoms with Crippen LogP contribution in [0.25, 0.3) is 22.1 Å². The molecular weight excluding hydrogens is 799 g/mol. The normalized spacial score (nSPS) is 14.9. The van der Waals surface area contributed by atoms with Crippen molar-refractivity contribution in [1.29, 1.82) is 0 Å². The van der Waals surface area contributed by atoms with Crippen molar-refractivity contribution in [3.8, 4) is 0 Å². The van der Waals surface area contributed by atoms with Gasteiger partial charge in [0.2, 0.25) is 5.91 Å². The standard InChI is InChI=1S/C21H19ClN4O3.C18H14ClN3O4.C3H7N/c1-13-11-25(13)18(27)12-26-19-15(3-2-8-23-19)9-17(21(26)29)20(28)24-10-14-4-6-16(22)7-5-14;19-13-5-3-11(4-6-13)9-21-17(25)14-8-12-2-1-7-20-16(12)22(18(14)26)10-15(23)24;1-3-2-4-3/h2-9,13H,10-12H2,1H3,(H,24,28);1-8H,9-10H2,(H,21,25)(H,23,24);3-4H,2H2,1H3. The number of aliphatic carboxylic acids is 1. The fraction of sp³-hybridized carbons (Fsp3) is 0.238. The molecule has 6 aromatic rings. The second-order valence-electron chi connectivity index (χ2n) is 13.9. The Morgan fingerprint density at radius 3 is 1.51 bits per heavy atom. The van der Waals surface area contributed by atoms with Crippen LogP contribution in [0.3, 0.4) is 0 Å². The summed E-state index contributed by atoms with van der Waals surface area (Å²) in [5, 5.41) is 19.9. The van der Waals surface area contributed by atoms with Gasteiger partial charge in [0.05, 0.1) is 0 Å². The summed E-state index contributed by atoms with van der Waals surface area (Å²) in [6.07, 6.45) is 3.02. The number of carboxylic acids is 1. The van der Waals surface area contributed by atoms with Crippen molar-refractivity contribution in [2.75, 3.05) is 13.1 Å². The van der Waals surface area contributed by atoms with E-state index in [0.29, 0.717) is 33.0 Å². The fourth-order valence-electron chi connectivity index (χ4n) is 5.86. The van der Waals surface area contributed by atoms with Gasteiger partial charge >= 0.3 is 5.97 Å². The summed E-state index contributed by atoms with van der Waals surface area (Å²) in [7, 11) is 0. The van der Waals surface area contributed by atoms with Crippen LogP contribution in [0.5, 0.6) is 0 Å². The van der Waals surface area contributed by atoms with Crippen molar-refractivity contribution in [2.24, 2.45) is 0 Å². The van der Waals surface area contributed by atoms with Crippen molar-refractivity contribution in [1.82, 2.24) is 40.0 Å². The highest BCUT2D eigenvalue weighted by molar-refractivity contribution is 6.30. The van der Waals surface area contributed by atoms with Gasteiger partial charge in [-0.15, -0.1) is 0 Å². The van der Waals surface area contributed by atoms with Crippen molar-refractivity contribution in [3.05, 3.63) is 150 Å². The molecule has 2 saturated heterocycles. The monoisotopic (exact) mass is 838 g/mol. The van der Waals surface area contributed by atoms with Crippen molar-refractivity contribution in [3.63, 3.8) is 0 Å². The minimum atomic E-state index is -1.20. The molecule has 2 unspecified atom stereocenters. The third-order valence-electron chi connectivity index (χ3n) is 9.30. The van der Waals surface area contributed by atoms with Crippen molar-refractivity contribution in [2.45, 2.75) is 52.1 Å². The number of carboxylic acid groups (broad SMARTS) is 1. The first-order valence-electron chi connectivity index (χ1n) is 18.6. The second-order valence-corrected chi connectivity index (χ2v) is 14.8. The molecule has 0 spiro atoms. The van der Waals surface area contributed by atoms with Crippen LogP contribution in [-0.2, 0) is 35.8 Å². The van der Waals surface area contributed by atoms with Crippen LogP contribution in [0.1, 0.15) is 45.7 Å². The number of rotatable bonds is 10. The largest absolute Gasteiger partial charge is 0.480 e. The Labute approximate surface area is 347 Å². The summed E-state index contributed by atoms with van der Waals surface area (Å²) in [6, 6.07) is 24.7. The highest BCUT2D eigenvalue weighted by Gasteiger charge is 2.34. The molecule has 3 amide bonds. The third kappa shape index (κ3) is 11.2. The van der Waals surface area contributed by atoms with E-state index < -0.39 is 35.4 Å². The molecule has 2 aliphatic heterocycles. The van der Waals surface area contributed by atoms with Crippen LogP contribution in [0, 0.1) is 0 Å². The third-order valence-corrected chi connectivity index (χ3v) is 9.80. The lowest BCUT2D eigenvalue weighted by Crippen LogP contribution is -2.35. The quantitative estimate of drug-likeness (QED) is 0.144. The van der Waals surface area contributed by atoms with E-state index in [1.165, 1.54) is 29.4 Å². The number of benzene rings is 2. The minimum absolute atomic E-state index is 0.0221. The van der Waals surface area contributed by atoms with E-state index in [4.69, 9.17) is 28.3 Å². The number of pyridine rings is 4. The van der Waals surface area contributed by atoms with Crippen molar-refractivity contribution >= 4 is 69.0 Å². The molecule has 2 fully saturated rings. The highest BCUT2D eigenvalue weighted by Crippen LogP contribution is 2.18. The number of hydrogen-bond acceptors (Lipinski definition) is 9. The maximum absolute atomic E-state index is 13.0. The lowest BCUT2D eigenvalue weighted by molar-refractivity contribution is -0.137. The van der Waals surface area contributed by atoms with Gasteiger partial charge in [-0.3, -0.25) is 37.9 Å². The average molecular weight is 840 g/mol. The Morgan fingerprint density at radius 2 is 1.14 bits per heavy atom. The Kier molecular flexibility index (Phi) is 13.5. The first-order chi connectivity index (χ1) is 28.3. The number of amides is 3. The molecule has 2 atom stereocenters. The van der Waals surface area contributed by atoms with Gasteiger partial charge in [0.15, 0.2) is 0 Å². The average Bonchev–Trinajstić information content (AvgIpc) is 4.17. The molecule has 59 heavy (non-hydrogen) atoms. The summed E-state index contributed by atoms with van der Waals surface area (Å²) < 4.78 is 2.26. The van der Waals surface area contributed by atoms with Crippen LogP contribution < -0.4 is 27.1 Å². The molecule has 6 heterocycles. The van der Waals surface area contributed by atoms with Gasteiger partial charge < -0.3 is 26.0 Å². The van der Waals surface area contributed by atoms with E-state index >= 15 is 0 Å². The topological polar surface area (TPSA) is 207 Å². The van der Waals surface area contributed by atoms with Crippen molar-refractivity contribution < 1.29 is 24.3 Å².